The van der Waals surface area contributed by atoms with Crippen LogP contribution in [0.1, 0.15) is 36.4 Å². The summed E-state index contributed by atoms with van der Waals surface area (Å²) in [6, 6.07) is 11.3. The first kappa shape index (κ1) is 31.7. The first-order valence-corrected chi connectivity index (χ1v) is 12.6. The number of aryl methyl sites for hydroxylation is 1. The van der Waals surface area contributed by atoms with Gasteiger partial charge in [0.05, 0.1) is 11.7 Å². The van der Waals surface area contributed by atoms with Gasteiger partial charge in [-0.25, -0.2) is 28.5 Å². The molecule has 0 spiro atoms. The van der Waals surface area contributed by atoms with Gasteiger partial charge in [-0.2, -0.15) is 26.3 Å². The third-order valence-electron chi connectivity index (χ3n) is 6.01. The number of carbonyl (C=O) groups is 1. The quantitative estimate of drug-likeness (QED) is 0.220. The summed E-state index contributed by atoms with van der Waals surface area (Å²) < 4.78 is 85.9. The molecule has 3 atom stereocenters. The number of para-hydroxylation sites is 1. The lowest BCUT2D eigenvalue weighted by Crippen LogP contribution is -2.45. The molecule has 0 aliphatic heterocycles. The molecule has 2 unspecified atom stereocenters. The maximum Gasteiger partial charge on any atom is 0.491 e. The van der Waals surface area contributed by atoms with E-state index in [1.165, 1.54) is 28.9 Å². The normalized spacial score (nSPS) is 14.4. The van der Waals surface area contributed by atoms with Crippen molar-refractivity contribution in [3.05, 3.63) is 81.3 Å². The summed E-state index contributed by atoms with van der Waals surface area (Å²) in [6.07, 6.45) is -18.4. The number of esters is 1. The van der Waals surface area contributed by atoms with Gasteiger partial charge in [-0.05, 0) is 49.7 Å². The minimum Gasteiger partial charge on any atom is -0.431 e. The number of aliphatic hydroxyl groups is 1. The number of hydrogen-bond donors (Lipinski definition) is 2. The van der Waals surface area contributed by atoms with Gasteiger partial charge in [-0.15, -0.1) is 10.2 Å². The lowest BCUT2D eigenvalue weighted by atomic mass is 10.2. The molecule has 43 heavy (non-hydrogen) atoms. The highest BCUT2D eigenvalue weighted by molar-refractivity contribution is 6.30. The Balaban J connectivity index is 1.89. The summed E-state index contributed by atoms with van der Waals surface area (Å²) in [5.74, 6) is -3.61. The predicted octanol–water partition coefficient (Wildman–Crippen LogP) is 3.85. The van der Waals surface area contributed by atoms with Gasteiger partial charge >= 0.3 is 24.0 Å². The smallest absolute Gasteiger partial charge is 0.431 e. The molecule has 0 radical (unpaired) electrons. The van der Waals surface area contributed by atoms with Gasteiger partial charge in [0.25, 0.3) is 0 Å². The van der Waals surface area contributed by atoms with Crippen LogP contribution in [0, 0.1) is 6.92 Å². The van der Waals surface area contributed by atoms with Crippen molar-refractivity contribution < 1.29 is 41.0 Å². The highest BCUT2D eigenvalue weighted by atomic mass is 35.5. The van der Waals surface area contributed by atoms with Crippen LogP contribution in [0.3, 0.4) is 0 Å². The van der Waals surface area contributed by atoms with Crippen molar-refractivity contribution in [2.45, 2.75) is 51.1 Å². The van der Waals surface area contributed by atoms with Crippen molar-refractivity contribution in [3.63, 3.8) is 0 Å². The number of aromatic nitrogens is 6. The van der Waals surface area contributed by atoms with Gasteiger partial charge in [0.2, 0.25) is 12.3 Å². The summed E-state index contributed by atoms with van der Waals surface area (Å²) in [7, 11) is 0. The fraction of sp³-hybridized carbons (Fsp3) is 0.320. The average Bonchev–Trinajstić information content (AvgIpc) is 3.48. The minimum atomic E-state index is -5.76. The molecule has 4 rings (SSSR count). The molecule has 0 amide bonds. The van der Waals surface area contributed by atoms with E-state index < -0.39 is 54.8 Å². The molecule has 2 aromatic heterocycles. The number of rotatable bonds is 8. The van der Waals surface area contributed by atoms with Gasteiger partial charge in [-0.3, -0.25) is 0 Å². The SMILES string of the molecule is Cc1ccccc1-n1nc(Cn2nc(-c3ccc(Cl)cc3)n(C(OC(=O)C(F)(F)F)[C@H](O)C(F)(F)F)c2=O)nc1C(C)N. The van der Waals surface area contributed by atoms with Crippen LogP contribution in [0.4, 0.5) is 26.3 Å². The van der Waals surface area contributed by atoms with Crippen LogP contribution < -0.4 is 11.4 Å². The Hall–Kier alpha value is -4.22. The Kier molecular flexibility index (Phi) is 8.71. The van der Waals surface area contributed by atoms with Crippen LogP contribution in [0.5, 0.6) is 0 Å². The number of carbonyl (C=O) groups excluding carboxylic acids is 1. The van der Waals surface area contributed by atoms with Crippen LogP contribution >= 0.6 is 11.6 Å². The molecule has 2 aromatic carbocycles. The molecule has 3 N–H and O–H groups in total. The van der Waals surface area contributed by atoms with E-state index in [9.17, 15) is 41.0 Å². The molecule has 18 heteroatoms. The van der Waals surface area contributed by atoms with Gasteiger partial charge in [0.1, 0.15) is 12.4 Å². The largest absolute Gasteiger partial charge is 0.491 e. The van der Waals surface area contributed by atoms with E-state index in [0.29, 0.717) is 10.4 Å². The van der Waals surface area contributed by atoms with E-state index in [1.54, 1.807) is 38.1 Å². The number of alkyl halides is 6. The zero-order valence-electron chi connectivity index (χ0n) is 22.1. The molecule has 0 saturated carbocycles. The topological polar surface area (TPSA) is 143 Å². The first-order valence-electron chi connectivity index (χ1n) is 12.2. The highest BCUT2D eigenvalue weighted by Crippen LogP contribution is 2.33. The van der Waals surface area contributed by atoms with Gasteiger partial charge in [0.15, 0.2) is 11.6 Å². The zero-order chi connectivity index (χ0) is 31.9. The lowest BCUT2D eigenvalue weighted by molar-refractivity contribution is -0.260. The number of ether oxygens (including phenoxy) is 1. The number of aliphatic hydroxyl groups excluding tert-OH is 1. The van der Waals surface area contributed by atoms with E-state index in [-0.39, 0.29) is 26.8 Å². The molecule has 0 aliphatic carbocycles. The second-order valence-corrected chi connectivity index (χ2v) is 9.73. The fourth-order valence-corrected chi connectivity index (χ4v) is 4.11. The van der Waals surface area contributed by atoms with Crippen LogP contribution in [-0.4, -0.2) is 58.6 Å². The second-order valence-electron chi connectivity index (χ2n) is 9.29. The first-order chi connectivity index (χ1) is 20.0. The van der Waals surface area contributed by atoms with Crippen LogP contribution in [0.25, 0.3) is 17.1 Å². The fourth-order valence-electron chi connectivity index (χ4n) is 3.99. The number of benzene rings is 2. The summed E-state index contributed by atoms with van der Waals surface area (Å²) in [6.45, 7) is 2.80. The number of nitrogens with zero attached hydrogens (tertiary/aromatic N) is 6. The predicted molar refractivity (Wildman–Crippen MR) is 138 cm³/mol. The number of halogens is 7. The molecule has 0 saturated heterocycles. The molecule has 2 heterocycles. The maximum atomic E-state index is 13.6. The second kappa shape index (κ2) is 11.8. The van der Waals surface area contributed by atoms with E-state index in [0.717, 1.165) is 5.56 Å². The van der Waals surface area contributed by atoms with Gasteiger partial charge in [-0.1, -0.05) is 29.8 Å². The molecule has 0 bridgehead atoms. The zero-order valence-corrected chi connectivity index (χ0v) is 22.9. The van der Waals surface area contributed by atoms with E-state index >= 15 is 0 Å². The third-order valence-corrected chi connectivity index (χ3v) is 6.26. The summed E-state index contributed by atoms with van der Waals surface area (Å²) >= 11 is 5.87. The van der Waals surface area contributed by atoms with Gasteiger partial charge in [0, 0.05) is 10.6 Å². The Morgan fingerprint density at radius 1 is 1.07 bits per heavy atom. The van der Waals surface area contributed by atoms with Crippen LogP contribution in [0.15, 0.2) is 53.3 Å². The lowest BCUT2D eigenvalue weighted by Gasteiger charge is -2.26. The molecule has 230 valence electrons. The van der Waals surface area contributed by atoms with Crippen molar-refractivity contribution in [2.75, 3.05) is 0 Å². The van der Waals surface area contributed by atoms with Crippen molar-refractivity contribution >= 4 is 17.6 Å². The van der Waals surface area contributed by atoms with E-state index in [1.807, 2.05) is 0 Å². The van der Waals surface area contributed by atoms with Gasteiger partial charge < -0.3 is 15.6 Å². The maximum absolute atomic E-state index is 13.6. The molecular weight excluding hydrogens is 612 g/mol. The molecular formula is C25H22ClF6N7O4. The van der Waals surface area contributed by atoms with Crippen molar-refractivity contribution in [1.82, 2.24) is 29.1 Å². The highest BCUT2D eigenvalue weighted by Gasteiger charge is 2.51. The van der Waals surface area contributed by atoms with Crippen LogP contribution in [0.2, 0.25) is 5.02 Å². The Bertz CT molecular complexity index is 1680. The Labute approximate surface area is 243 Å². The van der Waals surface area contributed by atoms with E-state index in [2.05, 4.69) is 19.9 Å². The van der Waals surface area contributed by atoms with Crippen molar-refractivity contribution in [1.29, 1.82) is 0 Å². The molecule has 4 aromatic rings. The van der Waals surface area contributed by atoms with E-state index in [4.69, 9.17) is 17.3 Å². The Morgan fingerprint density at radius 3 is 2.26 bits per heavy atom. The average molecular weight is 634 g/mol. The minimum absolute atomic E-state index is 0.00413. The monoisotopic (exact) mass is 633 g/mol. The Morgan fingerprint density at radius 2 is 1.70 bits per heavy atom. The van der Waals surface area contributed by atoms with Crippen molar-refractivity contribution in [2.24, 2.45) is 5.73 Å². The van der Waals surface area contributed by atoms with Crippen molar-refractivity contribution in [3.8, 4) is 17.1 Å². The third kappa shape index (κ3) is 6.73. The summed E-state index contributed by atoms with van der Waals surface area (Å²) in [5, 5.41) is 18.5. The molecule has 11 nitrogen and oxygen atoms in total. The molecule has 0 fully saturated rings. The summed E-state index contributed by atoms with van der Waals surface area (Å²) in [5.41, 5.74) is 5.82. The standard InChI is InChI=1S/C25H22ClF6N7O4/c1-12-5-3-4-6-16(12)39-19(13(2)33)34-17(35-39)11-37-23(42)38(20(36-37)14-7-9-15(26)10-8-14)21(18(40)24(27,28)29)43-22(41)25(30,31)32/h3-10,13,18,21,40H,11,33H2,1-2H3/t13?,18-,21?/m0/s1. The number of hydrogen-bond acceptors (Lipinski definition) is 8. The molecule has 0 aliphatic rings. The van der Waals surface area contributed by atoms with Crippen LogP contribution in [-0.2, 0) is 16.1 Å². The number of nitrogens with two attached hydrogens (primary N) is 1. The summed E-state index contributed by atoms with van der Waals surface area (Å²) in [4.78, 5) is 29.4.